The number of anilines is 2. The Morgan fingerprint density at radius 1 is 0.917 bits per heavy atom. The summed E-state index contributed by atoms with van der Waals surface area (Å²) in [5.41, 5.74) is 5.86. The van der Waals surface area contributed by atoms with E-state index in [1.807, 2.05) is 58.0 Å². The summed E-state index contributed by atoms with van der Waals surface area (Å²) < 4.78 is 0. The van der Waals surface area contributed by atoms with E-state index in [2.05, 4.69) is 11.4 Å². The van der Waals surface area contributed by atoms with Gasteiger partial charge in [-0.1, -0.05) is 35.4 Å². The van der Waals surface area contributed by atoms with Crippen LogP contribution in [0.2, 0.25) is 0 Å². The summed E-state index contributed by atoms with van der Waals surface area (Å²) in [6.45, 7) is 7.95. The quantitative estimate of drug-likeness (QED) is 0.877. The molecule has 2 aromatic rings. The van der Waals surface area contributed by atoms with Crippen LogP contribution in [0.4, 0.5) is 11.4 Å². The molecule has 1 heterocycles. The Labute approximate surface area is 142 Å². The zero-order valence-corrected chi connectivity index (χ0v) is 14.5. The molecule has 0 bridgehead atoms. The molecule has 0 unspecified atom stereocenters. The van der Waals surface area contributed by atoms with Gasteiger partial charge in [-0.2, -0.15) is 0 Å². The molecule has 0 radical (unpaired) electrons. The predicted molar refractivity (Wildman–Crippen MR) is 96.4 cm³/mol. The molecule has 0 aromatic heterocycles. The zero-order valence-electron chi connectivity index (χ0n) is 14.5. The number of nitrogens with one attached hydrogen (secondary N) is 1. The van der Waals surface area contributed by atoms with Gasteiger partial charge in [0.15, 0.2) is 0 Å². The maximum atomic E-state index is 12.8. The van der Waals surface area contributed by atoms with Crippen LogP contribution in [-0.4, -0.2) is 17.9 Å². The van der Waals surface area contributed by atoms with E-state index in [-0.39, 0.29) is 18.2 Å². The molecule has 0 aliphatic carbocycles. The Kier molecular flexibility index (Phi) is 4.14. The second-order valence-electron chi connectivity index (χ2n) is 6.58. The zero-order chi connectivity index (χ0) is 17.4. The Hall–Kier alpha value is -2.62. The number of carbonyl (C=O) groups is 2. The topological polar surface area (TPSA) is 49.4 Å². The van der Waals surface area contributed by atoms with Gasteiger partial charge < -0.3 is 5.32 Å². The van der Waals surface area contributed by atoms with Crippen LogP contribution in [0, 0.1) is 27.7 Å². The van der Waals surface area contributed by atoms with Crippen LogP contribution in [0.25, 0.3) is 0 Å². The van der Waals surface area contributed by atoms with E-state index in [1.165, 1.54) is 10.5 Å². The lowest BCUT2D eigenvalue weighted by Gasteiger charge is -2.19. The molecule has 1 aliphatic rings. The van der Waals surface area contributed by atoms with Gasteiger partial charge in [0.1, 0.15) is 6.04 Å². The van der Waals surface area contributed by atoms with Crippen LogP contribution >= 0.6 is 0 Å². The van der Waals surface area contributed by atoms with Crippen LogP contribution in [0.5, 0.6) is 0 Å². The fourth-order valence-corrected chi connectivity index (χ4v) is 3.22. The molecule has 1 fully saturated rings. The number of rotatable bonds is 3. The molecule has 1 atom stereocenters. The number of imide groups is 1. The van der Waals surface area contributed by atoms with Crippen LogP contribution < -0.4 is 10.2 Å². The molecule has 124 valence electrons. The number of nitrogens with zero attached hydrogens (tertiary/aromatic N) is 1. The van der Waals surface area contributed by atoms with Crippen molar-refractivity contribution in [2.75, 3.05) is 10.2 Å². The van der Waals surface area contributed by atoms with Crippen molar-refractivity contribution in [3.05, 3.63) is 58.7 Å². The number of benzene rings is 2. The molecule has 0 spiro atoms. The molecule has 1 N–H and O–H groups in total. The van der Waals surface area contributed by atoms with Gasteiger partial charge in [-0.3, -0.25) is 9.59 Å². The van der Waals surface area contributed by atoms with Gasteiger partial charge in [-0.25, -0.2) is 4.90 Å². The largest absolute Gasteiger partial charge is 0.373 e. The van der Waals surface area contributed by atoms with Crippen molar-refractivity contribution in [1.29, 1.82) is 0 Å². The molecular formula is C20H22N2O2. The first-order valence-corrected chi connectivity index (χ1v) is 8.14. The van der Waals surface area contributed by atoms with E-state index >= 15 is 0 Å². The molecule has 1 aliphatic heterocycles. The van der Waals surface area contributed by atoms with Gasteiger partial charge in [0.25, 0.3) is 5.91 Å². The minimum atomic E-state index is -0.514. The lowest BCUT2D eigenvalue weighted by atomic mass is 10.1. The molecule has 4 heteroatoms. The van der Waals surface area contributed by atoms with Crippen molar-refractivity contribution in [1.82, 2.24) is 0 Å². The summed E-state index contributed by atoms with van der Waals surface area (Å²) in [5.74, 6) is -0.346. The van der Waals surface area contributed by atoms with Crippen molar-refractivity contribution in [2.45, 2.75) is 40.2 Å². The molecule has 1 saturated heterocycles. The third-order valence-corrected chi connectivity index (χ3v) is 4.45. The molecule has 2 aromatic carbocycles. The van der Waals surface area contributed by atoms with Gasteiger partial charge >= 0.3 is 0 Å². The highest BCUT2D eigenvalue weighted by molar-refractivity contribution is 6.23. The first kappa shape index (κ1) is 16.2. The maximum absolute atomic E-state index is 12.8. The predicted octanol–water partition coefficient (Wildman–Crippen LogP) is 3.66. The Bertz CT molecular complexity index is 826. The third-order valence-electron chi connectivity index (χ3n) is 4.45. The fraction of sp³-hybridized carbons (Fsp3) is 0.300. The minimum Gasteiger partial charge on any atom is -0.373 e. The van der Waals surface area contributed by atoms with Crippen molar-refractivity contribution < 1.29 is 9.59 Å². The van der Waals surface area contributed by atoms with Crippen molar-refractivity contribution in [3.8, 4) is 0 Å². The van der Waals surface area contributed by atoms with Crippen LogP contribution in [0.3, 0.4) is 0 Å². The van der Waals surface area contributed by atoms with Crippen LogP contribution in [0.15, 0.2) is 36.4 Å². The summed E-state index contributed by atoms with van der Waals surface area (Å²) in [6, 6.07) is 11.3. The average Bonchev–Trinajstić information content (AvgIpc) is 2.77. The Morgan fingerprint density at radius 3 is 2.17 bits per heavy atom. The summed E-state index contributed by atoms with van der Waals surface area (Å²) >= 11 is 0. The lowest BCUT2D eigenvalue weighted by Crippen LogP contribution is -2.35. The summed E-state index contributed by atoms with van der Waals surface area (Å²) in [4.78, 5) is 26.5. The second-order valence-corrected chi connectivity index (χ2v) is 6.58. The van der Waals surface area contributed by atoms with E-state index in [0.29, 0.717) is 5.69 Å². The number of aryl methyl sites for hydroxylation is 4. The van der Waals surface area contributed by atoms with Gasteiger partial charge in [0.2, 0.25) is 5.91 Å². The molecule has 24 heavy (non-hydrogen) atoms. The first-order chi connectivity index (χ1) is 11.4. The highest BCUT2D eigenvalue weighted by Crippen LogP contribution is 2.29. The molecule has 2 amide bonds. The molecule has 3 rings (SSSR count). The van der Waals surface area contributed by atoms with E-state index in [9.17, 15) is 9.59 Å². The van der Waals surface area contributed by atoms with Crippen molar-refractivity contribution >= 4 is 23.2 Å². The summed E-state index contributed by atoms with van der Waals surface area (Å²) in [5, 5.41) is 3.24. The Morgan fingerprint density at radius 2 is 1.54 bits per heavy atom. The maximum Gasteiger partial charge on any atom is 0.256 e. The highest BCUT2D eigenvalue weighted by Gasteiger charge is 2.40. The van der Waals surface area contributed by atoms with Gasteiger partial charge in [0.05, 0.1) is 12.1 Å². The first-order valence-electron chi connectivity index (χ1n) is 8.14. The highest BCUT2D eigenvalue weighted by atomic mass is 16.2. The average molecular weight is 322 g/mol. The monoisotopic (exact) mass is 322 g/mol. The SMILES string of the molecule is Cc1ccc(N[C@H]2CC(=O)N(c3ccc(C)cc3C)C2=O)c(C)c1. The van der Waals surface area contributed by atoms with E-state index < -0.39 is 6.04 Å². The Balaban J connectivity index is 1.86. The fourth-order valence-electron chi connectivity index (χ4n) is 3.22. The number of hydrogen-bond donors (Lipinski definition) is 1. The molecular weight excluding hydrogens is 300 g/mol. The van der Waals surface area contributed by atoms with E-state index in [0.717, 1.165) is 22.4 Å². The van der Waals surface area contributed by atoms with Crippen molar-refractivity contribution in [2.24, 2.45) is 0 Å². The number of carbonyl (C=O) groups excluding carboxylic acids is 2. The van der Waals surface area contributed by atoms with Gasteiger partial charge in [0, 0.05) is 5.69 Å². The smallest absolute Gasteiger partial charge is 0.256 e. The van der Waals surface area contributed by atoms with Crippen LogP contribution in [0.1, 0.15) is 28.7 Å². The van der Waals surface area contributed by atoms with Gasteiger partial charge in [-0.15, -0.1) is 0 Å². The standard InChI is InChI=1S/C20H22N2O2/c1-12-5-7-16(14(3)9-12)21-17-11-19(23)22(20(17)24)18-8-6-13(2)10-15(18)4/h5-10,17,21H,11H2,1-4H3/t17-/m0/s1. The minimum absolute atomic E-state index is 0.158. The van der Waals surface area contributed by atoms with Gasteiger partial charge in [-0.05, 0) is 51.0 Å². The molecule has 4 nitrogen and oxygen atoms in total. The number of hydrogen-bond acceptors (Lipinski definition) is 3. The van der Waals surface area contributed by atoms with Crippen LogP contribution in [-0.2, 0) is 9.59 Å². The summed E-state index contributed by atoms with van der Waals surface area (Å²) in [6.07, 6.45) is 0.180. The third kappa shape index (κ3) is 2.92. The van der Waals surface area contributed by atoms with E-state index in [4.69, 9.17) is 0 Å². The van der Waals surface area contributed by atoms with E-state index in [1.54, 1.807) is 0 Å². The lowest BCUT2D eigenvalue weighted by molar-refractivity contribution is -0.121. The summed E-state index contributed by atoms with van der Waals surface area (Å²) in [7, 11) is 0. The second kappa shape index (κ2) is 6.11. The molecule has 0 saturated carbocycles. The number of amides is 2. The normalized spacial score (nSPS) is 17.5. The van der Waals surface area contributed by atoms with Crippen molar-refractivity contribution in [3.63, 3.8) is 0 Å².